The van der Waals surface area contributed by atoms with Crippen LogP contribution in [-0.4, -0.2) is 56.2 Å². The number of nitrogens with zero attached hydrogens (tertiary/aromatic N) is 2. The Balaban J connectivity index is 1.72. The van der Waals surface area contributed by atoms with Gasteiger partial charge in [0, 0.05) is 18.8 Å². The number of pyridine rings is 2. The fraction of sp³-hybridized carbons (Fsp3) is 0.478. The molecule has 174 valence electrons. The second-order valence-corrected chi connectivity index (χ2v) is 12.8. The first-order valence-electron chi connectivity index (χ1n) is 10.9. The summed E-state index contributed by atoms with van der Waals surface area (Å²) in [6.07, 6.45) is 4.35. The zero-order chi connectivity index (χ0) is 23.5. The Morgan fingerprint density at radius 3 is 2.47 bits per heavy atom. The molecule has 3 amide bonds. The number of hydrogen-bond acceptors (Lipinski definition) is 5. The number of unbranched alkanes of at least 4 members (excludes halogenated alkanes) is 1. The Morgan fingerprint density at radius 1 is 1.06 bits per heavy atom. The van der Waals surface area contributed by atoms with Crippen LogP contribution in [0.1, 0.15) is 48.3 Å². The monoisotopic (exact) mass is 502 g/mol. The van der Waals surface area contributed by atoms with Gasteiger partial charge in [-0.25, -0.2) is 4.98 Å². The third-order valence-electron chi connectivity index (χ3n) is 4.72. The van der Waals surface area contributed by atoms with E-state index in [1.807, 2.05) is 38.2 Å². The summed E-state index contributed by atoms with van der Waals surface area (Å²) in [5.74, 6) is 0.448. The van der Waals surface area contributed by atoms with Crippen LogP contribution < -0.4 is 25.7 Å². The molecular formula is C23H35AsN6O2. The molecular weight excluding hydrogens is 467 g/mol. The first-order chi connectivity index (χ1) is 15.3. The average molecular weight is 502 g/mol. The second kappa shape index (κ2) is 13.1. The average Bonchev–Trinajstić information content (AvgIpc) is 2.77. The van der Waals surface area contributed by atoms with Gasteiger partial charge in [-0.2, -0.15) is 0 Å². The van der Waals surface area contributed by atoms with E-state index < -0.39 is 14.7 Å². The summed E-state index contributed by atoms with van der Waals surface area (Å²) in [4.78, 5) is 33.1. The van der Waals surface area contributed by atoms with E-state index in [-0.39, 0.29) is 18.0 Å². The third-order valence-corrected chi connectivity index (χ3v) is 7.19. The SMILES string of the molecule is CNC(=O)c1ccc(CCCCNC(=O)NCc2ccc([As](C)C)nc2)nc1NC(C)C. The number of anilines is 1. The minimum atomic E-state index is -0.954. The molecule has 0 aromatic carbocycles. The van der Waals surface area contributed by atoms with Gasteiger partial charge >= 0.3 is 113 Å². The maximum absolute atomic E-state index is 12.0. The summed E-state index contributed by atoms with van der Waals surface area (Å²) in [6, 6.07) is 7.79. The summed E-state index contributed by atoms with van der Waals surface area (Å²) in [5.41, 5.74) is 6.96. The summed E-state index contributed by atoms with van der Waals surface area (Å²) in [5, 5.41) is 11.6. The summed E-state index contributed by atoms with van der Waals surface area (Å²) in [6.45, 7) is 5.08. The van der Waals surface area contributed by atoms with Gasteiger partial charge in [-0.15, -0.1) is 0 Å². The van der Waals surface area contributed by atoms with Crippen LogP contribution in [0.3, 0.4) is 0 Å². The van der Waals surface area contributed by atoms with Crippen molar-refractivity contribution >= 4 is 36.9 Å². The number of rotatable bonds is 11. The van der Waals surface area contributed by atoms with Crippen LogP contribution in [0.5, 0.6) is 0 Å². The van der Waals surface area contributed by atoms with Gasteiger partial charge in [0.15, 0.2) is 0 Å². The predicted octanol–water partition coefficient (Wildman–Crippen LogP) is 2.44. The number of carbonyl (C=O) groups excluding carboxylic acids is 2. The second-order valence-electron chi connectivity index (χ2n) is 8.06. The van der Waals surface area contributed by atoms with Crippen molar-refractivity contribution < 1.29 is 9.59 Å². The van der Waals surface area contributed by atoms with E-state index in [1.54, 1.807) is 7.05 Å². The van der Waals surface area contributed by atoms with Crippen LogP contribution in [0.4, 0.5) is 10.6 Å². The number of urea groups is 1. The molecule has 0 aliphatic rings. The molecule has 0 aliphatic heterocycles. The van der Waals surface area contributed by atoms with Crippen LogP contribution in [0.2, 0.25) is 11.4 Å². The van der Waals surface area contributed by atoms with Crippen LogP contribution in [0, 0.1) is 0 Å². The van der Waals surface area contributed by atoms with Crippen LogP contribution in [-0.2, 0) is 13.0 Å². The molecule has 0 saturated carbocycles. The van der Waals surface area contributed by atoms with Gasteiger partial charge in [0.05, 0.1) is 5.56 Å². The van der Waals surface area contributed by atoms with Crippen LogP contribution in [0.15, 0.2) is 30.5 Å². The van der Waals surface area contributed by atoms with E-state index in [2.05, 4.69) is 48.7 Å². The molecule has 0 aliphatic carbocycles. The van der Waals surface area contributed by atoms with E-state index >= 15 is 0 Å². The van der Waals surface area contributed by atoms with Crippen molar-refractivity contribution in [3.63, 3.8) is 0 Å². The number of aromatic nitrogens is 2. The van der Waals surface area contributed by atoms with Gasteiger partial charge in [0.25, 0.3) is 5.91 Å². The summed E-state index contributed by atoms with van der Waals surface area (Å²) < 4.78 is 1.19. The van der Waals surface area contributed by atoms with Crippen molar-refractivity contribution in [3.05, 3.63) is 47.3 Å². The van der Waals surface area contributed by atoms with Gasteiger partial charge in [0.1, 0.15) is 5.82 Å². The zero-order valence-corrected chi connectivity index (χ0v) is 21.5. The van der Waals surface area contributed by atoms with E-state index in [4.69, 9.17) is 0 Å². The van der Waals surface area contributed by atoms with Crippen molar-refractivity contribution in [1.29, 1.82) is 0 Å². The Kier molecular flexibility index (Phi) is 10.5. The van der Waals surface area contributed by atoms with Gasteiger partial charge in [0.2, 0.25) is 0 Å². The molecule has 2 heterocycles. The molecule has 2 rings (SSSR count). The molecule has 0 bridgehead atoms. The summed E-state index contributed by atoms with van der Waals surface area (Å²) in [7, 11) is 1.61. The van der Waals surface area contributed by atoms with Crippen LogP contribution >= 0.6 is 0 Å². The largest absolute Gasteiger partial charge is 0.367 e. The molecule has 2 aromatic rings. The van der Waals surface area contributed by atoms with E-state index in [0.29, 0.717) is 24.5 Å². The Morgan fingerprint density at radius 2 is 1.84 bits per heavy atom. The number of amides is 3. The maximum Gasteiger partial charge on any atom is 0.139 e. The smallest absolute Gasteiger partial charge is 0.139 e. The van der Waals surface area contributed by atoms with Crippen LogP contribution in [0.25, 0.3) is 0 Å². The Labute approximate surface area is 195 Å². The van der Waals surface area contributed by atoms with Crippen molar-refractivity contribution in [2.45, 2.75) is 57.1 Å². The first kappa shape index (κ1) is 25.7. The Hall–Kier alpha value is -2.60. The fourth-order valence-corrected chi connectivity index (χ4v) is 4.39. The molecule has 8 nitrogen and oxygen atoms in total. The normalized spacial score (nSPS) is 10.8. The molecule has 0 fully saturated rings. The standard InChI is InChI=1S/C23H35AsN6O2/c1-16(2)29-21-19(22(31)25-5)11-10-18(30-21)8-6-7-13-26-23(32)28-15-17-9-12-20(24(3)4)27-14-17/h9-12,14,16H,6-8,13,15H2,1-5H3,(H,25,31)(H,29,30)(H2,26,28,32). The van der Waals surface area contributed by atoms with E-state index in [0.717, 1.165) is 30.5 Å². The molecule has 32 heavy (non-hydrogen) atoms. The van der Waals surface area contributed by atoms with Gasteiger partial charge in [-0.1, -0.05) is 0 Å². The number of nitrogens with one attached hydrogen (secondary N) is 4. The topological polar surface area (TPSA) is 108 Å². The molecule has 0 spiro atoms. The molecule has 0 radical (unpaired) electrons. The predicted molar refractivity (Wildman–Crippen MR) is 131 cm³/mol. The summed E-state index contributed by atoms with van der Waals surface area (Å²) >= 11 is -0.954. The van der Waals surface area contributed by atoms with Crippen molar-refractivity contribution in [3.8, 4) is 0 Å². The molecule has 9 heteroatoms. The van der Waals surface area contributed by atoms with Crippen molar-refractivity contribution in [2.75, 3.05) is 18.9 Å². The fourth-order valence-electron chi connectivity index (χ4n) is 3.00. The Bertz CT molecular complexity index is 887. The van der Waals surface area contributed by atoms with Gasteiger partial charge in [-0.05, 0) is 26.0 Å². The third kappa shape index (κ3) is 8.50. The van der Waals surface area contributed by atoms with E-state index in [1.165, 1.54) is 4.48 Å². The number of hydrogen-bond donors (Lipinski definition) is 4. The quantitative estimate of drug-likeness (QED) is 0.279. The molecule has 4 N–H and O–H groups in total. The minimum absolute atomic E-state index is 0.156. The molecule has 0 saturated heterocycles. The molecule has 0 atom stereocenters. The zero-order valence-electron chi connectivity index (χ0n) is 19.7. The van der Waals surface area contributed by atoms with Gasteiger partial charge < -0.3 is 10.6 Å². The number of carbonyl (C=O) groups is 2. The van der Waals surface area contributed by atoms with Crippen molar-refractivity contribution in [2.24, 2.45) is 0 Å². The van der Waals surface area contributed by atoms with Crippen molar-refractivity contribution in [1.82, 2.24) is 25.9 Å². The minimum Gasteiger partial charge on any atom is -0.367 e. The van der Waals surface area contributed by atoms with E-state index in [9.17, 15) is 9.59 Å². The molecule has 2 aromatic heterocycles. The maximum atomic E-state index is 12.0. The molecule has 0 unspecified atom stereocenters. The number of aryl methyl sites for hydroxylation is 1. The van der Waals surface area contributed by atoms with Gasteiger partial charge in [-0.3, -0.25) is 4.79 Å². The first-order valence-corrected chi connectivity index (χ1v) is 15.6.